The number of fused-ring (bicyclic) bond motifs is 2. The third-order valence-corrected chi connectivity index (χ3v) is 4.04. The maximum Gasteiger partial charge on any atom is 0.131 e. The van der Waals surface area contributed by atoms with E-state index < -0.39 is 0 Å². The Bertz CT molecular complexity index is 922. The van der Waals surface area contributed by atoms with E-state index in [2.05, 4.69) is 0 Å². The normalized spacial score (nSPS) is 11.1. The van der Waals surface area contributed by atoms with Crippen molar-refractivity contribution in [3.8, 4) is 16.9 Å². The number of hydrogen-bond acceptors (Lipinski definition) is 1. The van der Waals surface area contributed by atoms with Crippen LogP contribution in [0.3, 0.4) is 0 Å². The average molecular weight is 288 g/mol. The van der Waals surface area contributed by atoms with Crippen LogP contribution in [-0.2, 0) is 0 Å². The van der Waals surface area contributed by atoms with Crippen molar-refractivity contribution in [3.63, 3.8) is 0 Å². The van der Waals surface area contributed by atoms with Crippen molar-refractivity contribution in [2.75, 3.05) is 0 Å². The molecule has 0 aliphatic heterocycles. The number of phenolic OH excluding ortho intramolecular Hbond substituents is 1. The highest BCUT2D eigenvalue weighted by atomic mass is 19.1. The molecule has 0 atom stereocenters. The van der Waals surface area contributed by atoms with E-state index in [0.717, 1.165) is 21.5 Å². The van der Waals surface area contributed by atoms with Crippen molar-refractivity contribution in [3.05, 3.63) is 78.6 Å². The number of aromatic hydroxyl groups is 1. The molecular formula is C20H13FO. The van der Waals surface area contributed by atoms with Crippen LogP contribution in [0.1, 0.15) is 0 Å². The highest BCUT2D eigenvalue weighted by Gasteiger charge is 2.16. The summed E-state index contributed by atoms with van der Waals surface area (Å²) < 4.78 is 14.6. The third kappa shape index (κ3) is 1.85. The maximum absolute atomic E-state index is 14.6. The second kappa shape index (κ2) is 4.85. The minimum atomic E-state index is -0.328. The maximum atomic E-state index is 14.6. The predicted molar refractivity (Wildman–Crippen MR) is 88.5 cm³/mol. The quantitative estimate of drug-likeness (QED) is 0.490. The molecule has 106 valence electrons. The summed E-state index contributed by atoms with van der Waals surface area (Å²) in [5, 5.41) is 13.9. The van der Waals surface area contributed by atoms with Gasteiger partial charge in [0.1, 0.15) is 11.6 Å². The molecule has 2 heteroatoms. The van der Waals surface area contributed by atoms with Crippen molar-refractivity contribution < 1.29 is 9.50 Å². The van der Waals surface area contributed by atoms with Crippen molar-refractivity contribution in [1.29, 1.82) is 0 Å². The smallest absolute Gasteiger partial charge is 0.131 e. The topological polar surface area (TPSA) is 20.2 Å². The van der Waals surface area contributed by atoms with Crippen LogP contribution >= 0.6 is 0 Å². The number of hydrogen-bond donors (Lipinski definition) is 1. The third-order valence-electron chi connectivity index (χ3n) is 4.04. The van der Waals surface area contributed by atoms with Gasteiger partial charge in [-0.3, -0.25) is 0 Å². The van der Waals surface area contributed by atoms with Crippen LogP contribution in [0.25, 0.3) is 32.7 Å². The fourth-order valence-corrected chi connectivity index (χ4v) is 3.02. The van der Waals surface area contributed by atoms with Crippen LogP contribution in [0, 0.1) is 5.82 Å². The van der Waals surface area contributed by atoms with Crippen molar-refractivity contribution in [1.82, 2.24) is 0 Å². The first-order valence-electron chi connectivity index (χ1n) is 7.14. The molecule has 1 nitrogen and oxygen atoms in total. The monoisotopic (exact) mass is 288 g/mol. The lowest BCUT2D eigenvalue weighted by atomic mass is 9.93. The van der Waals surface area contributed by atoms with Crippen LogP contribution in [-0.4, -0.2) is 5.11 Å². The molecule has 0 unspecified atom stereocenters. The molecule has 0 saturated carbocycles. The van der Waals surface area contributed by atoms with Gasteiger partial charge in [0.2, 0.25) is 0 Å². The van der Waals surface area contributed by atoms with Gasteiger partial charge in [-0.25, -0.2) is 4.39 Å². The molecule has 0 amide bonds. The summed E-state index contributed by atoms with van der Waals surface area (Å²) in [5.74, 6) is -0.237. The minimum Gasteiger partial charge on any atom is -0.507 e. The molecule has 1 N–H and O–H groups in total. The Kier molecular flexibility index (Phi) is 2.83. The molecule has 0 aliphatic rings. The van der Waals surface area contributed by atoms with Gasteiger partial charge in [0.05, 0.1) is 0 Å². The van der Waals surface area contributed by atoms with Gasteiger partial charge in [-0.2, -0.15) is 0 Å². The molecular weight excluding hydrogens is 275 g/mol. The number of benzene rings is 4. The van der Waals surface area contributed by atoms with Gasteiger partial charge >= 0.3 is 0 Å². The van der Waals surface area contributed by atoms with E-state index in [0.29, 0.717) is 11.1 Å². The molecule has 0 heterocycles. The second-order valence-corrected chi connectivity index (χ2v) is 5.32. The van der Waals surface area contributed by atoms with Crippen LogP contribution in [0.5, 0.6) is 5.75 Å². The number of halogens is 1. The van der Waals surface area contributed by atoms with Gasteiger partial charge in [0.15, 0.2) is 0 Å². The van der Waals surface area contributed by atoms with Crippen LogP contribution in [0.4, 0.5) is 4.39 Å². The first-order chi connectivity index (χ1) is 10.8. The van der Waals surface area contributed by atoms with Gasteiger partial charge in [-0.1, -0.05) is 60.7 Å². The Morgan fingerprint density at radius 1 is 0.591 bits per heavy atom. The summed E-state index contributed by atoms with van der Waals surface area (Å²) >= 11 is 0. The zero-order chi connectivity index (χ0) is 15.1. The summed E-state index contributed by atoms with van der Waals surface area (Å²) in [6.45, 7) is 0. The predicted octanol–water partition coefficient (Wildman–Crippen LogP) is 5.50. The average Bonchev–Trinajstić information content (AvgIpc) is 2.56. The van der Waals surface area contributed by atoms with Gasteiger partial charge in [-0.15, -0.1) is 0 Å². The molecule has 4 aromatic carbocycles. The van der Waals surface area contributed by atoms with E-state index in [4.69, 9.17) is 0 Å². The van der Waals surface area contributed by atoms with Gasteiger partial charge in [0.25, 0.3) is 0 Å². The van der Waals surface area contributed by atoms with Gasteiger partial charge < -0.3 is 5.11 Å². The number of phenols is 1. The molecule has 0 aromatic heterocycles. The van der Waals surface area contributed by atoms with E-state index >= 15 is 0 Å². The zero-order valence-corrected chi connectivity index (χ0v) is 11.8. The fraction of sp³-hybridized carbons (Fsp3) is 0. The van der Waals surface area contributed by atoms with Crippen molar-refractivity contribution in [2.45, 2.75) is 0 Å². The lowest BCUT2D eigenvalue weighted by molar-refractivity contribution is 0.477. The number of rotatable bonds is 1. The first-order valence-corrected chi connectivity index (χ1v) is 7.14. The lowest BCUT2D eigenvalue weighted by Gasteiger charge is -2.13. The summed E-state index contributed by atoms with van der Waals surface area (Å²) in [5.41, 5.74) is 1.000. The molecule has 0 aliphatic carbocycles. The standard InChI is InChI=1S/C20H13FO/c21-17-11-9-13-5-1-3-7-15(13)19(17)20-16-8-4-2-6-14(16)10-12-18(20)22/h1-12,22H. The van der Waals surface area contributed by atoms with Gasteiger partial charge in [0, 0.05) is 11.1 Å². The van der Waals surface area contributed by atoms with Crippen molar-refractivity contribution in [2.24, 2.45) is 0 Å². The summed E-state index contributed by atoms with van der Waals surface area (Å²) in [7, 11) is 0. The van der Waals surface area contributed by atoms with E-state index in [1.165, 1.54) is 6.07 Å². The van der Waals surface area contributed by atoms with Crippen LogP contribution in [0.2, 0.25) is 0 Å². The highest BCUT2D eigenvalue weighted by Crippen LogP contribution is 2.41. The van der Waals surface area contributed by atoms with Crippen molar-refractivity contribution >= 4 is 21.5 Å². The molecule has 4 aromatic rings. The van der Waals surface area contributed by atoms with E-state index in [1.807, 2.05) is 54.6 Å². The highest BCUT2D eigenvalue weighted by molar-refractivity contribution is 6.07. The zero-order valence-electron chi connectivity index (χ0n) is 11.8. The molecule has 0 fully saturated rings. The Balaban J connectivity index is 2.21. The molecule has 4 rings (SSSR count). The first kappa shape index (κ1) is 12.8. The van der Waals surface area contributed by atoms with E-state index in [1.54, 1.807) is 12.1 Å². The molecule has 0 spiro atoms. The Morgan fingerprint density at radius 3 is 1.82 bits per heavy atom. The minimum absolute atomic E-state index is 0.0916. The van der Waals surface area contributed by atoms with Gasteiger partial charge in [-0.05, 0) is 33.7 Å². The SMILES string of the molecule is Oc1ccc2ccccc2c1-c1c(F)ccc2ccccc12. The largest absolute Gasteiger partial charge is 0.507 e. The van der Waals surface area contributed by atoms with Crippen LogP contribution in [0.15, 0.2) is 72.8 Å². The summed E-state index contributed by atoms with van der Waals surface area (Å²) in [6, 6.07) is 22.0. The summed E-state index contributed by atoms with van der Waals surface area (Å²) in [4.78, 5) is 0. The molecule has 0 saturated heterocycles. The Morgan fingerprint density at radius 2 is 1.14 bits per heavy atom. The molecule has 22 heavy (non-hydrogen) atoms. The van der Waals surface area contributed by atoms with Crippen LogP contribution < -0.4 is 0 Å². The fourth-order valence-electron chi connectivity index (χ4n) is 3.02. The Hall–Kier alpha value is -2.87. The molecule has 0 radical (unpaired) electrons. The van der Waals surface area contributed by atoms with E-state index in [9.17, 15) is 9.50 Å². The molecule has 0 bridgehead atoms. The van der Waals surface area contributed by atoms with E-state index in [-0.39, 0.29) is 11.6 Å². The Labute approximate surface area is 127 Å². The summed E-state index contributed by atoms with van der Waals surface area (Å²) in [6.07, 6.45) is 0. The lowest BCUT2D eigenvalue weighted by Crippen LogP contribution is -1.89. The second-order valence-electron chi connectivity index (χ2n) is 5.32.